The lowest BCUT2D eigenvalue weighted by molar-refractivity contribution is 0.0935. The van der Waals surface area contributed by atoms with Crippen molar-refractivity contribution < 1.29 is 4.79 Å². The predicted octanol–water partition coefficient (Wildman–Crippen LogP) is 1.34. The Morgan fingerprint density at radius 2 is 2.35 bits per heavy atom. The van der Waals surface area contributed by atoms with Crippen LogP contribution in [0.2, 0.25) is 0 Å². The van der Waals surface area contributed by atoms with Gasteiger partial charge >= 0.3 is 0 Å². The SMILES string of the molecule is CC(NC(=O)c1ccc(C#CCN)cn1)c1nccs1. The van der Waals surface area contributed by atoms with Crippen molar-refractivity contribution in [2.24, 2.45) is 5.73 Å². The third kappa shape index (κ3) is 3.63. The fraction of sp³-hybridized carbons (Fsp3) is 0.214. The van der Waals surface area contributed by atoms with Gasteiger partial charge in [-0.1, -0.05) is 11.8 Å². The van der Waals surface area contributed by atoms with E-state index in [2.05, 4.69) is 27.1 Å². The van der Waals surface area contributed by atoms with Crippen molar-refractivity contribution in [3.05, 3.63) is 46.2 Å². The van der Waals surface area contributed by atoms with Gasteiger partial charge in [0.15, 0.2) is 0 Å². The minimum Gasteiger partial charge on any atom is -0.342 e. The Bertz CT molecular complexity index is 625. The Balaban J connectivity index is 2.02. The van der Waals surface area contributed by atoms with E-state index in [1.165, 1.54) is 11.3 Å². The number of carbonyl (C=O) groups excluding carboxylic acids is 1. The summed E-state index contributed by atoms with van der Waals surface area (Å²) in [5.74, 6) is 5.36. The fourth-order valence-corrected chi connectivity index (χ4v) is 2.18. The highest BCUT2D eigenvalue weighted by molar-refractivity contribution is 7.09. The van der Waals surface area contributed by atoms with Crippen LogP contribution in [0.3, 0.4) is 0 Å². The molecule has 6 heteroatoms. The average molecular weight is 286 g/mol. The summed E-state index contributed by atoms with van der Waals surface area (Å²) >= 11 is 1.50. The molecule has 3 N–H and O–H groups in total. The molecular weight excluding hydrogens is 272 g/mol. The van der Waals surface area contributed by atoms with Crippen LogP contribution in [-0.2, 0) is 0 Å². The molecule has 0 fully saturated rings. The molecule has 5 nitrogen and oxygen atoms in total. The zero-order valence-corrected chi connectivity index (χ0v) is 11.8. The summed E-state index contributed by atoms with van der Waals surface area (Å²) in [4.78, 5) is 20.3. The lowest BCUT2D eigenvalue weighted by atomic mass is 10.2. The molecule has 0 aliphatic carbocycles. The van der Waals surface area contributed by atoms with Crippen molar-refractivity contribution in [2.75, 3.05) is 6.54 Å². The number of rotatable bonds is 3. The van der Waals surface area contributed by atoms with Crippen LogP contribution < -0.4 is 11.1 Å². The topological polar surface area (TPSA) is 80.9 Å². The van der Waals surface area contributed by atoms with Crippen LogP contribution in [0.5, 0.6) is 0 Å². The van der Waals surface area contributed by atoms with Gasteiger partial charge in [-0.15, -0.1) is 11.3 Å². The molecule has 1 amide bonds. The van der Waals surface area contributed by atoms with Gasteiger partial charge in [0, 0.05) is 23.3 Å². The number of nitrogens with zero attached hydrogens (tertiary/aromatic N) is 2. The number of aromatic nitrogens is 2. The van der Waals surface area contributed by atoms with Crippen molar-refractivity contribution in [2.45, 2.75) is 13.0 Å². The lowest BCUT2D eigenvalue weighted by Crippen LogP contribution is -2.27. The molecule has 2 aromatic rings. The third-order valence-electron chi connectivity index (χ3n) is 2.50. The summed E-state index contributed by atoms with van der Waals surface area (Å²) < 4.78 is 0. The first-order valence-corrected chi connectivity index (χ1v) is 6.94. The highest BCUT2D eigenvalue weighted by Crippen LogP contribution is 2.15. The van der Waals surface area contributed by atoms with Gasteiger partial charge < -0.3 is 11.1 Å². The molecule has 2 heterocycles. The normalized spacial score (nSPS) is 11.3. The van der Waals surface area contributed by atoms with E-state index in [4.69, 9.17) is 5.73 Å². The summed E-state index contributed by atoms with van der Waals surface area (Å²) in [6.07, 6.45) is 3.28. The number of hydrogen-bond acceptors (Lipinski definition) is 5. The maximum Gasteiger partial charge on any atom is 0.270 e. The maximum absolute atomic E-state index is 12.0. The van der Waals surface area contributed by atoms with E-state index in [-0.39, 0.29) is 11.9 Å². The van der Waals surface area contributed by atoms with E-state index in [9.17, 15) is 4.79 Å². The molecule has 0 aliphatic rings. The molecule has 0 saturated heterocycles. The monoisotopic (exact) mass is 286 g/mol. The lowest BCUT2D eigenvalue weighted by Gasteiger charge is -2.10. The Kier molecular flexibility index (Phi) is 4.82. The van der Waals surface area contributed by atoms with E-state index in [0.29, 0.717) is 12.2 Å². The van der Waals surface area contributed by atoms with Crippen LogP contribution in [0.15, 0.2) is 29.9 Å². The summed E-state index contributed by atoms with van der Waals surface area (Å²) in [5.41, 5.74) is 6.38. The van der Waals surface area contributed by atoms with Crippen LogP contribution in [0.4, 0.5) is 0 Å². The maximum atomic E-state index is 12.0. The number of amides is 1. The quantitative estimate of drug-likeness (QED) is 0.834. The molecule has 1 atom stereocenters. The molecule has 0 aromatic carbocycles. The van der Waals surface area contributed by atoms with Crippen molar-refractivity contribution in [1.29, 1.82) is 0 Å². The second kappa shape index (κ2) is 6.80. The molecule has 20 heavy (non-hydrogen) atoms. The Hall–Kier alpha value is -2.23. The molecule has 0 spiro atoms. The number of nitrogens with two attached hydrogens (primary N) is 1. The number of hydrogen-bond donors (Lipinski definition) is 2. The smallest absolute Gasteiger partial charge is 0.270 e. The van der Waals surface area contributed by atoms with Crippen LogP contribution in [0.1, 0.15) is 34.0 Å². The van der Waals surface area contributed by atoms with E-state index >= 15 is 0 Å². The van der Waals surface area contributed by atoms with Crippen molar-refractivity contribution in [1.82, 2.24) is 15.3 Å². The number of pyridine rings is 1. The Labute approximate surface area is 121 Å². The van der Waals surface area contributed by atoms with Crippen molar-refractivity contribution >= 4 is 17.2 Å². The van der Waals surface area contributed by atoms with Gasteiger partial charge in [0.2, 0.25) is 0 Å². The van der Waals surface area contributed by atoms with Crippen LogP contribution in [0, 0.1) is 11.8 Å². The zero-order valence-electron chi connectivity index (χ0n) is 11.0. The third-order valence-corrected chi connectivity index (χ3v) is 3.46. The first kappa shape index (κ1) is 14.2. The van der Waals surface area contributed by atoms with E-state index in [1.54, 1.807) is 24.5 Å². The second-order valence-electron chi connectivity index (χ2n) is 4.00. The highest BCUT2D eigenvalue weighted by atomic mass is 32.1. The van der Waals surface area contributed by atoms with Crippen molar-refractivity contribution in [3.8, 4) is 11.8 Å². The molecule has 2 rings (SSSR count). The second-order valence-corrected chi connectivity index (χ2v) is 4.93. The van der Waals surface area contributed by atoms with Gasteiger partial charge in [0.1, 0.15) is 10.7 Å². The van der Waals surface area contributed by atoms with E-state index < -0.39 is 0 Å². The Morgan fingerprint density at radius 3 is 2.95 bits per heavy atom. The Morgan fingerprint density at radius 1 is 1.50 bits per heavy atom. The molecule has 0 radical (unpaired) electrons. The number of thiazole rings is 1. The van der Waals surface area contributed by atoms with Gasteiger partial charge in [-0.2, -0.15) is 0 Å². The molecular formula is C14H14N4OS. The molecule has 0 aliphatic heterocycles. The van der Waals surface area contributed by atoms with Gasteiger partial charge in [-0.3, -0.25) is 4.79 Å². The predicted molar refractivity (Wildman–Crippen MR) is 78.2 cm³/mol. The van der Waals surface area contributed by atoms with Crippen LogP contribution >= 0.6 is 11.3 Å². The summed E-state index contributed by atoms with van der Waals surface area (Å²) in [6.45, 7) is 2.19. The van der Waals surface area contributed by atoms with E-state index in [0.717, 1.165) is 10.6 Å². The van der Waals surface area contributed by atoms with E-state index in [1.807, 2.05) is 12.3 Å². The highest BCUT2D eigenvalue weighted by Gasteiger charge is 2.13. The largest absolute Gasteiger partial charge is 0.342 e. The number of nitrogens with one attached hydrogen (secondary N) is 1. The number of carbonyl (C=O) groups is 1. The molecule has 102 valence electrons. The van der Waals surface area contributed by atoms with Crippen LogP contribution in [-0.4, -0.2) is 22.4 Å². The summed E-state index contributed by atoms with van der Waals surface area (Å²) in [6, 6.07) is 3.25. The average Bonchev–Trinajstić information content (AvgIpc) is 3.00. The zero-order chi connectivity index (χ0) is 14.4. The van der Waals surface area contributed by atoms with Crippen LogP contribution in [0.25, 0.3) is 0 Å². The minimum absolute atomic E-state index is 0.138. The molecule has 0 saturated carbocycles. The molecule has 0 bridgehead atoms. The van der Waals surface area contributed by atoms with Gasteiger partial charge in [-0.05, 0) is 19.1 Å². The van der Waals surface area contributed by atoms with Crippen molar-refractivity contribution in [3.63, 3.8) is 0 Å². The van der Waals surface area contributed by atoms with Gasteiger partial charge in [0.05, 0.1) is 12.6 Å². The first-order valence-electron chi connectivity index (χ1n) is 6.06. The standard InChI is InChI=1S/C14H14N4OS/c1-10(14-16-7-8-20-14)18-13(19)12-5-4-11(9-17-12)3-2-6-15/h4-5,7-10H,6,15H2,1H3,(H,18,19). The summed E-state index contributed by atoms with van der Waals surface area (Å²) in [5, 5.41) is 5.59. The summed E-state index contributed by atoms with van der Waals surface area (Å²) in [7, 11) is 0. The van der Waals surface area contributed by atoms with Gasteiger partial charge in [0.25, 0.3) is 5.91 Å². The molecule has 1 unspecified atom stereocenters. The molecule has 2 aromatic heterocycles. The fourth-order valence-electron chi connectivity index (χ4n) is 1.54. The van der Waals surface area contributed by atoms with Gasteiger partial charge in [-0.25, -0.2) is 9.97 Å². The first-order chi connectivity index (χ1) is 9.70. The minimum atomic E-state index is -0.231.